The molecular formula is C8H14F3NO3. The lowest BCUT2D eigenvalue weighted by Gasteiger charge is -2.18. The molecule has 1 amide bonds. The van der Waals surface area contributed by atoms with E-state index in [0.717, 1.165) is 6.42 Å². The van der Waals surface area contributed by atoms with Gasteiger partial charge < -0.3 is 15.2 Å². The van der Waals surface area contributed by atoms with Gasteiger partial charge in [0.2, 0.25) is 6.10 Å². The zero-order valence-electron chi connectivity index (χ0n) is 8.30. The SMILES string of the molecule is CCCCNC(=O)O[C@H](CO)C(F)(F)F. The number of unbranched alkanes of at least 4 members (excludes halogenated alkanes) is 1. The van der Waals surface area contributed by atoms with E-state index in [2.05, 4.69) is 10.1 Å². The second-order valence-corrected chi connectivity index (χ2v) is 2.90. The molecule has 4 nitrogen and oxygen atoms in total. The van der Waals surface area contributed by atoms with Gasteiger partial charge in [-0.2, -0.15) is 13.2 Å². The monoisotopic (exact) mass is 229 g/mol. The Labute approximate surface area is 85.4 Å². The lowest BCUT2D eigenvalue weighted by molar-refractivity contribution is -0.212. The van der Waals surface area contributed by atoms with Crippen LogP contribution in [0.1, 0.15) is 19.8 Å². The van der Waals surface area contributed by atoms with Gasteiger partial charge in [0, 0.05) is 6.54 Å². The summed E-state index contributed by atoms with van der Waals surface area (Å²) in [6.45, 7) is 0.856. The molecule has 15 heavy (non-hydrogen) atoms. The van der Waals surface area contributed by atoms with Crippen molar-refractivity contribution in [2.45, 2.75) is 32.0 Å². The molecule has 0 aliphatic carbocycles. The van der Waals surface area contributed by atoms with Crippen molar-refractivity contribution in [2.75, 3.05) is 13.2 Å². The van der Waals surface area contributed by atoms with Gasteiger partial charge in [-0.15, -0.1) is 0 Å². The first kappa shape index (κ1) is 14.0. The second kappa shape index (κ2) is 6.49. The van der Waals surface area contributed by atoms with Crippen molar-refractivity contribution in [2.24, 2.45) is 0 Å². The number of aliphatic hydroxyl groups excluding tert-OH is 1. The van der Waals surface area contributed by atoms with Crippen molar-refractivity contribution in [3.63, 3.8) is 0 Å². The number of aliphatic hydroxyl groups is 1. The number of rotatable bonds is 5. The highest BCUT2D eigenvalue weighted by molar-refractivity contribution is 5.67. The Morgan fingerprint density at radius 1 is 1.53 bits per heavy atom. The summed E-state index contributed by atoms with van der Waals surface area (Å²) in [4.78, 5) is 10.8. The van der Waals surface area contributed by atoms with Gasteiger partial charge in [0.05, 0.1) is 6.61 Å². The molecule has 0 aliphatic heterocycles. The van der Waals surface area contributed by atoms with Crippen molar-refractivity contribution in [3.8, 4) is 0 Å². The van der Waals surface area contributed by atoms with E-state index in [-0.39, 0.29) is 6.54 Å². The molecule has 0 saturated heterocycles. The van der Waals surface area contributed by atoms with E-state index >= 15 is 0 Å². The molecule has 0 aromatic carbocycles. The van der Waals surface area contributed by atoms with Crippen LogP contribution in [0.3, 0.4) is 0 Å². The number of amides is 1. The fourth-order valence-corrected chi connectivity index (χ4v) is 0.746. The van der Waals surface area contributed by atoms with E-state index in [9.17, 15) is 18.0 Å². The zero-order chi connectivity index (χ0) is 11.9. The number of carbonyl (C=O) groups is 1. The summed E-state index contributed by atoms with van der Waals surface area (Å²) in [6, 6.07) is 0. The summed E-state index contributed by atoms with van der Waals surface area (Å²) < 4.78 is 40.0. The van der Waals surface area contributed by atoms with Gasteiger partial charge in [-0.3, -0.25) is 0 Å². The molecule has 90 valence electrons. The quantitative estimate of drug-likeness (QED) is 0.701. The average molecular weight is 229 g/mol. The van der Waals surface area contributed by atoms with Crippen LogP contribution in [-0.2, 0) is 4.74 Å². The van der Waals surface area contributed by atoms with Gasteiger partial charge in [-0.1, -0.05) is 13.3 Å². The van der Waals surface area contributed by atoms with Gasteiger partial charge in [0.1, 0.15) is 0 Å². The molecule has 0 aliphatic rings. The summed E-state index contributed by atoms with van der Waals surface area (Å²) in [5, 5.41) is 10.5. The largest absolute Gasteiger partial charge is 0.434 e. The Hall–Kier alpha value is -0.980. The van der Waals surface area contributed by atoms with Crippen molar-refractivity contribution in [3.05, 3.63) is 0 Å². The number of hydrogen-bond donors (Lipinski definition) is 2. The highest BCUT2D eigenvalue weighted by Gasteiger charge is 2.42. The third kappa shape index (κ3) is 6.16. The molecule has 0 unspecified atom stereocenters. The molecule has 1 atom stereocenters. The molecular weight excluding hydrogens is 215 g/mol. The van der Waals surface area contributed by atoms with Crippen molar-refractivity contribution in [1.82, 2.24) is 5.32 Å². The van der Waals surface area contributed by atoms with E-state index in [1.165, 1.54) is 0 Å². The molecule has 0 aromatic heterocycles. The van der Waals surface area contributed by atoms with Crippen LogP contribution in [-0.4, -0.2) is 36.6 Å². The molecule has 7 heteroatoms. The predicted octanol–water partition coefficient (Wildman–Crippen LogP) is 1.44. The van der Waals surface area contributed by atoms with Crippen LogP contribution in [0.2, 0.25) is 0 Å². The third-order valence-electron chi connectivity index (χ3n) is 1.58. The van der Waals surface area contributed by atoms with Gasteiger partial charge in [-0.05, 0) is 6.42 Å². The highest BCUT2D eigenvalue weighted by Crippen LogP contribution is 2.22. The number of carbonyl (C=O) groups excluding carboxylic acids is 1. The van der Waals surface area contributed by atoms with Crippen LogP contribution in [0.25, 0.3) is 0 Å². The minimum absolute atomic E-state index is 0.255. The van der Waals surface area contributed by atoms with E-state index in [4.69, 9.17) is 5.11 Å². The first-order valence-electron chi connectivity index (χ1n) is 4.53. The van der Waals surface area contributed by atoms with Crippen molar-refractivity contribution < 1.29 is 27.8 Å². The van der Waals surface area contributed by atoms with Crippen LogP contribution < -0.4 is 5.32 Å². The Morgan fingerprint density at radius 2 is 2.13 bits per heavy atom. The van der Waals surface area contributed by atoms with Crippen LogP contribution in [0.4, 0.5) is 18.0 Å². The number of alkyl halides is 3. The fraction of sp³-hybridized carbons (Fsp3) is 0.875. The first-order chi connectivity index (χ1) is 6.91. The highest BCUT2D eigenvalue weighted by atomic mass is 19.4. The molecule has 0 spiro atoms. The van der Waals surface area contributed by atoms with E-state index in [0.29, 0.717) is 6.42 Å². The Bertz CT molecular complexity index is 196. The molecule has 0 radical (unpaired) electrons. The summed E-state index contributed by atoms with van der Waals surface area (Å²) >= 11 is 0. The summed E-state index contributed by atoms with van der Waals surface area (Å²) in [6.07, 6.45) is -6.90. The molecule has 0 heterocycles. The fourth-order valence-electron chi connectivity index (χ4n) is 0.746. The van der Waals surface area contributed by atoms with E-state index in [1.54, 1.807) is 0 Å². The number of ether oxygens (including phenoxy) is 1. The van der Waals surface area contributed by atoms with Crippen molar-refractivity contribution >= 4 is 6.09 Å². The maximum atomic E-state index is 12.0. The number of alkyl carbamates (subject to hydrolysis) is 1. The maximum absolute atomic E-state index is 12.0. The molecule has 0 bridgehead atoms. The zero-order valence-corrected chi connectivity index (χ0v) is 8.30. The van der Waals surface area contributed by atoms with E-state index < -0.39 is 25.0 Å². The van der Waals surface area contributed by atoms with Crippen LogP contribution in [0.15, 0.2) is 0 Å². The van der Waals surface area contributed by atoms with Gasteiger partial charge in [0.25, 0.3) is 0 Å². The van der Waals surface area contributed by atoms with Gasteiger partial charge >= 0.3 is 12.3 Å². The summed E-state index contributed by atoms with van der Waals surface area (Å²) in [7, 11) is 0. The predicted molar refractivity (Wildman–Crippen MR) is 46.3 cm³/mol. The lowest BCUT2D eigenvalue weighted by atomic mass is 10.3. The Balaban J connectivity index is 3.92. The minimum Gasteiger partial charge on any atom is -0.434 e. The number of nitrogens with one attached hydrogen (secondary N) is 1. The first-order valence-corrected chi connectivity index (χ1v) is 4.53. The molecule has 0 saturated carbocycles. The normalized spacial score (nSPS) is 13.4. The van der Waals surface area contributed by atoms with Crippen LogP contribution >= 0.6 is 0 Å². The molecule has 0 rings (SSSR count). The molecule has 0 aromatic rings. The van der Waals surface area contributed by atoms with Crippen molar-refractivity contribution in [1.29, 1.82) is 0 Å². The van der Waals surface area contributed by atoms with Gasteiger partial charge in [0.15, 0.2) is 0 Å². The minimum atomic E-state index is -4.74. The smallest absolute Gasteiger partial charge is 0.427 e. The van der Waals surface area contributed by atoms with Gasteiger partial charge in [-0.25, -0.2) is 4.79 Å². The molecule has 2 N–H and O–H groups in total. The standard InChI is InChI=1S/C8H14F3NO3/c1-2-3-4-12-7(14)15-6(5-13)8(9,10)11/h6,13H,2-5H2,1H3,(H,12,14)/t6-/m1/s1. The topological polar surface area (TPSA) is 58.6 Å². The van der Waals surface area contributed by atoms with E-state index in [1.807, 2.05) is 6.92 Å². The second-order valence-electron chi connectivity index (χ2n) is 2.90. The van der Waals surface area contributed by atoms with Crippen LogP contribution in [0.5, 0.6) is 0 Å². The Kier molecular flexibility index (Phi) is 6.07. The summed E-state index contributed by atoms with van der Waals surface area (Å²) in [5.41, 5.74) is 0. The third-order valence-corrected chi connectivity index (χ3v) is 1.58. The van der Waals surface area contributed by atoms with Crippen LogP contribution in [0, 0.1) is 0 Å². The Morgan fingerprint density at radius 3 is 2.53 bits per heavy atom. The number of hydrogen-bond acceptors (Lipinski definition) is 3. The summed E-state index contributed by atoms with van der Waals surface area (Å²) in [5.74, 6) is 0. The lowest BCUT2D eigenvalue weighted by Crippen LogP contribution is -2.40. The number of halogens is 3. The molecule has 0 fully saturated rings. The maximum Gasteiger partial charge on any atom is 0.427 e. The average Bonchev–Trinajstić information content (AvgIpc) is 2.12.